The van der Waals surface area contributed by atoms with Gasteiger partial charge in [-0.05, 0) is 30.2 Å². The maximum Gasteiger partial charge on any atom is 0.295 e. The first-order chi connectivity index (χ1) is 17.4. The van der Waals surface area contributed by atoms with Crippen molar-refractivity contribution >= 4 is 17.4 Å². The Bertz CT molecular complexity index is 1270. The van der Waals surface area contributed by atoms with E-state index in [4.69, 9.17) is 14.2 Å². The molecule has 186 valence electrons. The topological polar surface area (TPSA) is 85.3 Å². The summed E-state index contributed by atoms with van der Waals surface area (Å²) < 4.78 is 16.7. The second kappa shape index (κ2) is 11.1. The first-order valence-corrected chi connectivity index (χ1v) is 11.6. The van der Waals surface area contributed by atoms with Gasteiger partial charge >= 0.3 is 0 Å². The average Bonchev–Trinajstić information content (AvgIpc) is 3.16. The second-order valence-corrected chi connectivity index (χ2v) is 8.54. The molecule has 0 radical (unpaired) electrons. The summed E-state index contributed by atoms with van der Waals surface area (Å²) in [5.74, 6) is -0.665. The van der Waals surface area contributed by atoms with E-state index in [0.29, 0.717) is 29.2 Å². The molecule has 0 spiro atoms. The molecule has 0 bridgehead atoms. The second-order valence-electron chi connectivity index (χ2n) is 8.54. The summed E-state index contributed by atoms with van der Waals surface area (Å²) in [5.41, 5.74) is 3.13. The van der Waals surface area contributed by atoms with Crippen LogP contribution in [0.3, 0.4) is 0 Å². The van der Waals surface area contributed by atoms with Gasteiger partial charge in [0.15, 0.2) is 11.5 Å². The van der Waals surface area contributed by atoms with Gasteiger partial charge in [0, 0.05) is 19.2 Å². The number of ether oxygens (including phenoxy) is 3. The van der Waals surface area contributed by atoms with Crippen LogP contribution in [0.2, 0.25) is 0 Å². The van der Waals surface area contributed by atoms with Crippen LogP contribution in [0.1, 0.15) is 28.3 Å². The fourth-order valence-corrected chi connectivity index (χ4v) is 4.22. The Morgan fingerprint density at radius 1 is 0.944 bits per heavy atom. The number of likely N-dealkylation sites (tertiary alicyclic amines) is 1. The van der Waals surface area contributed by atoms with E-state index in [9.17, 15) is 14.7 Å². The summed E-state index contributed by atoms with van der Waals surface area (Å²) in [4.78, 5) is 27.5. The number of amides is 1. The van der Waals surface area contributed by atoms with E-state index < -0.39 is 17.7 Å². The third-order valence-electron chi connectivity index (χ3n) is 6.14. The molecule has 7 nitrogen and oxygen atoms in total. The highest BCUT2D eigenvalue weighted by molar-refractivity contribution is 6.46. The van der Waals surface area contributed by atoms with Crippen LogP contribution in [0.15, 0.2) is 78.4 Å². The van der Waals surface area contributed by atoms with Crippen molar-refractivity contribution in [3.8, 4) is 11.5 Å². The Morgan fingerprint density at radius 2 is 1.67 bits per heavy atom. The molecule has 1 amide bonds. The van der Waals surface area contributed by atoms with E-state index in [-0.39, 0.29) is 24.5 Å². The van der Waals surface area contributed by atoms with E-state index >= 15 is 0 Å². The third kappa shape index (κ3) is 5.11. The van der Waals surface area contributed by atoms with E-state index in [0.717, 1.165) is 11.1 Å². The van der Waals surface area contributed by atoms with Crippen molar-refractivity contribution in [3.05, 3.63) is 101 Å². The Hall–Kier alpha value is -4.10. The third-order valence-corrected chi connectivity index (χ3v) is 6.14. The standard InChI is InChI=1S/C29H29NO6/c1-19-9-11-21(12-10-19)27(31)25-26(30(15-16-34-2)29(33)28(25)32)22-13-14-23(24(17-22)35-3)36-18-20-7-5-4-6-8-20/h4-14,17,26,31H,15-16,18H2,1-3H3. The van der Waals surface area contributed by atoms with Crippen molar-refractivity contribution in [2.24, 2.45) is 0 Å². The molecule has 0 aliphatic carbocycles. The number of hydrogen-bond donors (Lipinski definition) is 1. The number of Topliss-reactive ketones (excluding diaryl/α,β-unsaturated/α-hetero) is 1. The molecule has 7 heteroatoms. The lowest BCUT2D eigenvalue weighted by atomic mass is 9.94. The quantitative estimate of drug-likeness (QED) is 0.269. The first kappa shape index (κ1) is 25.0. The van der Waals surface area contributed by atoms with E-state index in [1.807, 2.05) is 49.4 Å². The van der Waals surface area contributed by atoms with Gasteiger partial charge in [-0.2, -0.15) is 0 Å². The molecule has 36 heavy (non-hydrogen) atoms. The Kier molecular flexibility index (Phi) is 7.71. The normalized spacial score (nSPS) is 16.9. The highest BCUT2D eigenvalue weighted by atomic mass is 16.5. The number of aliphatic hydroxyl groups excluding tert-OH is 1. The lowest BCUT2D eigenvalue weighted by Gasteiger charge is -2.25. The maximum atomic E-state index is 13.1. The van der Waals surface area contributed by atoms with Crippen molar-refractivity contribution in [2.75, 3.05) is 27.4 Å². The molecular weight excluding hydrogens is 458 g/mol. The minimum atomic E-state index is -0.807. The molecule has 0 aromatic heterocycles. The van der Waals surface area contributed by atoms with Crippen LogP contribution in [-0.4, -0.2) is 49.1 Å². The van der Waals surface area contributed by atoms with Crippen molar-refractivity contribution in [1.82, 2.24) is 4.90 Å². The Morgan fingerprint density at radius 3 is 2.33 bits per heavy atom. The van der Waals surface area contributed by atoms with Crippen LogP contribution < -0.4 is 9.47 Å². The fraction of sp³-hybridized carbons (Fsp3) is 0.241. The van der Waals surface area contributed by atoms with Gasteiger partial charge in [-0.25, -0.2) is 0 Å². The zero-order chi connectivity index (χ0) is 25.7. The highest BCUT2D eigenvalue weighted by Crippen LogP contribution is 2.42. The SMILES string of the molecule is COCCN1C(=O)C(=O)C(=C(O)c2ccc(C)cc2)C1c1ccc(OCc2ccccc2)c(OC)c1. The van der Waals surface area contributed by atoms with Crippen LogP contribution in [-0.2, 0) is 20.9 Å². The summed E-state index contributed by atoms with van der Waals surface area (Å²) in [6.07, 6.45) is 0. The van der Waals surface area contributed by atoms with Gasteiger partial charge in [-0.15, -0.1) is 0 Å². The largest absolute Gasteiger partial charge is 0.507 e. The first-order valence-electron chi connectivity index (χ1n) is 11.6. The molecule has 4 rings (SSSR count). The number of nitrogens with zero attached hydrogens (tertiary/aromatic N) is 1. The summed E-state index contributed by atoms with van der Waals surface area (Å²) in [5, 5.41) is 11.2. The number of rotatable bonds is 9. The molecule has 1 saturated heterocycles. The van der Waals surface area contributed by atoms with Gasteiger partial charge in [-0.3, -0.25) is 9.59 Å². The highest BCUT2D eigenvalue weighted by Gasteiger charge is 2.46. The number of carbonyl (C=O) groups is 2. The number of aliphatic hydroxyl groups is 1. The van der Waals surface area contributed by atoms with Crippen molar-refractivity contribution in [2.45, 2.75) is 19.6 Å². The van der Waals surface area contributed by atoms with Crippen LogP contribution in [0, 0.1) is 6.92 Å². The number of aryl methyl sites for hydroxylation is 1. The van der Waals surface area contributed by atoms with Crippen molar-refractivity contribution < 1.29 is 28.9 Å². The molecule has 1 fully saturated rings. The van der Waals surface area contributed by atoms with E-state index in [1.165, 1.54) is 19.1 Å². The molecule has 1 atom stereocenters. The molecule has 1 unspecified atom stereocenters. The zero-order valence-corrected chi connectivity index (χ0v) is 20.6. The molecule has 1 heterocycles. The number of ketones is 1. The van der Waals surface area contributed by atoms with Crippen LogP contribution in [0.5, 0.6) is 11.5 Å². The van der Waals surface area contributed by atoms with Gasteiger partial charge < -0.3 is 24.2 Å². The smallest absolute Gasteiger partial charge is 0.295 e. The summed E-state index contributed by atoms with van der Waals surface area (Å²) in [6, 6.07) is 21.3. The predicted octanol–water partition coefficient (Wildman–Crippen LogP) is 4.65. The predicted molar refractivity (Wildman–Crippen MR) is 136 cm³/mol. The van der Waals surface area contributed by atoms with Crippen LogP contribution in [0.4, 0.5) is 0 Å². The molecule has 0 saturated carbocycles. The lowest BCUT2D eigenvalue weighted by Crippen LogP contribution is -2.32. The van der Waals surface area contributed by atoms with Gasteiger partial charge in [0.1, 0.15) is 12.4 Å². The summed E-state index contributed by atoms with van der Waals surface area (Å²) in [7, 11) is 3.06. The number of hydrogen-bond acceptors (Lipinski definition) is 6. The average molecular weight is 488 g/mol. The van der Waals surface area contributed by atoms with Gasteiger partial charge in [-0.1, -0.05) is 66.2 Å². The summed E-state index contributed by atoms with van der Waals surface area (Å²) >= 11 is 0. The van der Waals surface area contributed by atoms with E-state index in [1.54, 1.807) is 30.3 Å². The zero-order valence-electron chi connectivity index (χ0n) is 20.6. The maximum absolute atomic E-state index is 13.1. The van der Waals surface area contributed by atoms with Crippen LogP contribution in [0.25, 0.3) is 5.76 Å². The molecule has 3 aromatic rings. The molecule has 1 aliphatic heterocycles. The number of benzene rings is 3. The minimum Gasteiger partial charge on any atom is -0.507 e. The summed E-state index contributed by atoms with van der Waals surface area (Å²) in [6.45, 7) is 2.71. The molecular formula is C29H29NO6. The van der Waals surface area contributed by atoms with Gasteiger partial charge in [0.2, 0.25) is 0 Å². The van der Waals surface area contributed by atoms with Gasteiger partial charge in [0.25, 0.3) is 11.7 Å². The van der Waals surface area contributed by atoms with E-state index in [2.05, 4.69) is 0 Å². The molecule has 1 N–H and O–H groups in total. The molecule has 3 aromatic carbocycles. The Labute approximate surface area is 210 Å². The van der Waals surface area contributed by atoms with Crippen molar-refractivity contribution in [3.63, 3.8) is 0 Å². The molecule has 1 aliphatic rings. The fourth-order valence-electron chi connectivity index (χ4n) is 4.22. The minimum absolute atomic E-state index is 0.0277. The van der Waals surface area contributed by atoms with Crippen molar-refractivity contribution in [1.29, 1.82) is 0 Å². The number of methoxy groups -OCH3 is 2. The lowest BCUT2D eigenvalue weighted by molar-refractivity contribution is -0.140. The van der Waals surface area contributed by atoms with Gasteiger partial charge in [0.05, 0.1) is 25.3 Å². The van der Waals surface area contributed by atoms with Crippen LogP contribution >= 0.6 is 0 Å². The Balaban J connectivity index is 1.74. The monoisotopic (exact) mass is 487 g/mol. The number of carbonyl (C=O) groups excluding carboxylic acids is 2.